The topological polar surface area (TPSA) is 16.1 Å². The Bertz CT molecular complexity index is 653. The van der Waals surface area contributed by atoms with Crippen LogP contribution in [0, 0.1) is 5.92 Å². The van der Waals surface area contributed by atoms with Gasteiger partial charge in [0, 0.05) is 18.9 Å². The summed E-state index contributed by atoms with van der Waals surface area (Å²) in [5.41, 5.74) is 4.17. The number of nitrogens with zero attached hydrogens (tertiary/aromatic N) is 2. The van der Waals surface area contributed by atoms with Gasteiger partial charge in [-0.05, 0) is 73.7 Å². The standard InChI is InChI=1S/C23H30N2/c1-2-6-19(7-3-1)14-21-15-23(17-24-16-21)22-10-12-25(13-11-22)18-20-8-4-5-9-20/h1-3,6-7,15-17,20,22H,4-5,8-14,18H2. The van der Waals surface area contributed by atoms with E-state index in [0.717, 1.165) is 12.3 Å². The van der Waals surface area contributed by atoms with E-state index in [1.165, 1.54) is 74.8 Å². The number of likely N-dealkylation sites (tertiary alicyclic amines) is 1. The molecule has 0 radical (unpaired) electrons. The van der Waals surface area contributed by atoms with Gasteiger partial charge in [-0.2, -0.15) is 0 Å². The van der Waals surface area contributed by atoms with Crippen LogP contribution in [0.15, 0.2) is 48.8 Å². The number of hydrogen-bond acceptors (Lipinski definition) is 2. The molecule has 0 amide bonds. The summed E-state index contributed by atoms with van der Waals surface area (Å²) in [6, 6.07) is 13.1. The minimum absolute atomic E-state index is 0.697. The van der Waals surface area contributed by atoms with Crippen LogP contribution in [0.25, 0.3) is 0 Å². The molecule has 25 heavy (non-hydrogen) atoms. The van der Waals surface area contributed by atoms with Crippen LogP contribution >= 0.6 is 0 Å². The van der Waals surface area contributed by atoms with E-state index in [2.05, 4.69) is 52.5 Å². The van der Waals surface area contributed by atoms with Gasteiger partial charge in [-0.15, -0.1) is 0 Å². The number of piperidine rings is 1. The Hall–Kier alpha value is -1.67. The zero-order valence-corrected chi connectivity index (χ0v) is 15.2. The van der Waals surface area contributed by atoms with Crippen LogP contribution in [0.5, 0.6) is 0 Å². The average Bonchev–Trinajstić information content (AvgIpc) is 3.16. The van der Waals surface area contributed by atoms with Gasteiger partial charge in [-0.3, -0.25) is 4.98 Å². The monoisotopic (exact) mass is 334 g/mol. The van der Waals surface area contributed by atoms with Crippen molar-refractivity contribution in [1.29, 1.82) is 0 Å². The molecule has 1 saturated heterocycles. The maximum absolute atomic E-state index is 4.54. The van der Waals surface area contributed by atoms with Crippen molar-refractivity contribution in [2.45, 2.75) is 50.9 Å². The molecule has 1 aromatic heterocycles. The molecule has 1 aliphatic carbocycles. The first kappa shape index (κ1) is 16.8. The van der Waals surface area contributed by atoms with Gasteiger partial charge in [0.2, 0.25) is 0 Å². The van der Waals surface area contributed by atoms with Crippen molar-refractivity contribution in [3.8, 4) is 0 Å². The second-order valence-electron chi connectivity index (χ2n) is 8.01. The molecule has 2 aromatic rings. The fourth-order valence-electron chi connectivity index (χ4n) is 4.67. The zero-order chi connectivity index (χ0) is 16.9. The quantitative estimate of drug-likeness (QED) is 0.761. The van der Waals surface area contributed by atoms with Gasteiger partial charge in [-0.25, -0.2) is 0 Å². The van der Waals surface area contributed by atoms with E-state index in [1.54, 1.807) is 0 Å². The van der Waals surface area contributed by atoms with Crippen molar-refractivity contribution in [2.24, 2.45) is 5.92 Å². The molecular weight excluding hydrogens is 304 g/mol. The highest BCUT2D eigenvalue weighted by atomic mass is 15.1. The van der Waals surface area contributed by atoms with Gasteiger partial charge in [0.15, 0.2) is 0 Å². The molecule has 1 aromatic carbocycles. The summed E-state index contributed by atoms with van der Waals surface area (Å²) in [5.74, 6) is 1.68. The summed E-state index contributed by atoms with van der Waals surface area (Å²) < 4.78 is 0. The maximum Gasteiger partial charge on any atom is 0.0303 e. The minimum Gasteiger partial charge on any atom is -0.303 e. The predicted molar refractivity (Wildman–Crippen MR) is 104 cm³/mol. The molecule has 0 atom stereocenters. The minimum atomic E-state index is 0.697. The van der Waals surface area contributed by atoms with Gasteiger partial charge in [0.1, 0.15) is 0 Å². The normalized spacial score (nSPS) is 20.2. The third-order valence-corrected chi connectivity index (χ3v) is 6.12. The molecule has 0 spiro atoms. The highest BCUT2D eigenvalue weighted by Crippen LogP contribution is 2.31. The van der Waals surface area contributed by atoms with E-state index in [0.29, 0.717) is 5.92 Å². The summed E-state index contributed by atoms with van der Waals surface area (Å²) in [5, 5.41) is 0. The first-order valence-electron chi connectivity index (χ1n) is 10.1. The second-order valence-corrected chi connectivity index (χ2v) is 8.01. The lowest BCUT2D eigenvalue weighted by atomic mass is 9.89. The second kappa shape index (κ2) is 8.14. The molecule has 4 rings (SSSR count). The first-order chi connectivity index (χ1) is 12.4. The first-order valence-corrected chi connectivity index (χ1v) is 10.1. The number of pyridine rings is 1. The Morgan fingerprint density at radius 2 is 1.64 bits per heavy atom. The molecule has 0 bridgehead atoms. The molecule has 2 fully saturated rings. The van der Waals surface area contributed by atoms with Gasteiger partial charge >= 0.3 is 0 Å². The number of aromatic nitrogens is 1. The molecule has 0 unspecified atom stereocenters. The van der Waals surface area contributed by atoms with Crippen LogP contribution < -0.4 is 0 Å². The van der Waals surface area contributed by atoms with Crippen molar-refractivity contribution in [1.82, 2.24) is 9.88 Å². The lowest BCUT2D eigenvalue weighted by Crippen LogP contribution is -2.36. The number of hydrogen-bond donors (Lipinski definition) is 0. The Morgan fingerprint density at radius 1 is 0.880 bits per heavy atom. The highest BCUT2D eigenvalue weighted by molar-refractivity contribution is 5.28. The fraction of sp³-hybridized carbons (Fsp3) is 0.522. The van der Waals surface area contributed by atoms with E-state index >= 15 is 0 Å². The zero-order valence-electron chi connectivity index (χ0n) is 15.2. The summed E-state index contributed by atoms with van der Waals surface area (Å²) >= 11 is 0. The molecular formula is C23H30N2. The van der Waals surface area contributed by atoms with Gasteiger partial charge in [0.05, 0.1) is 0 Å². The van der Waals surface area contributed by atoms with Crippen LogP contribution in [0.2, 0.25) is 0 Å². The lowest BCUT2D eigenvalue weighted by Gasteiger charge is -2.33. The smallest absolute Gasteiger partial charge is 0.0303 e. The van der Waals surface area contributed by atoms with E-state index in [1.807, 2.05) is 6.20 Å². The summed E-state index contributed by atoms with van der Waals surface area (Å²) in [6.45, 7) is 3.88. The Balaban J connectivity index is 1.34. The number of benzene rings is 1. The summed E-state index contributed by atoms with van der Waals surface area (Å²) in [7, 11) is 0. The molecule has 1 aliphatic heterocycles. The molecule has 2 nitrogen and oxygen atoms in total. The molecule has 2 heterocycles. The Labute approximate surface area is 152 Å². The summed E-state index contributed by atoms with van der Waals surface area (Å²) in [6.07, 6.45) is 13.6. The van der Waals surface area contributed by atoms with Gasteiger partial charge in [-0.1, -0.05) is 49.2 Å². The van der Waals surface area contributed by atoms with Gasteiger partial charge in [0.25, 0.3) is 0 Å². The van der Waals surface area contributed by atoms with Crippen molar-refractivity contribution < 1.29 is 0 Å². The van der Waals surface area contributed by atoms with Crippen LogP contribution in [0.4, 0.5) is 0 Å². The molecule has 1 saturated carbocycles. The molecule has 2 aliphatic rings. The van der Waals surface area contributed by atoms with Crippen molar-refractivity contribution in [2.75, 3.05) is 19.6 Å². The molecule has 0 N–H and O–H groups in total. The molecule has 2 heteroatoms. The van der Waals surface area contributed by atoms with Crippen molar-refractivity contribution in [3.05, 3.63) is 65.5 Å². The fourth-order valence-corrected chi connectivity index (χ4v) is 4.67. The average molecular weight is 335 g/mol. The van der Waals surface area contributed by atoms with Crippen LogP contribution in [-0.4, -0.2) is 29.5 Å². The maximum atomic E-state index is 4.54. The highest BCUT2D eigenvalue weighted by Gasteiger charge is 2.24. The largest absolute Gasteiger partial charge is 0.303 e. The van der Waals surface area contributed by atoms with Gasteiger partial charge < -0.3 is 4.90 Å². The Morgan fingerprint density at radius 3 is 2.40 bits per heavy atom. The molecule has 132 valence electrons. The number of rotatable bonds is 5. The van der Waals surface area contributed by atoms with Crippen LogP contribution in [0.1, 0.15) is 61.1 Å². The van der Waals surface area contributed by atoms with E-state index < -0.39 is 0 Å². The predicted octanol–water partition coefficient (Wildman–Crippen LogP) is 5.04. The van der Waals surface area contributed by atoms with Crippen LogP contribution in [0.3, 0.4) is 0 Å². The van der Waals surface area contributed by atoms with Crippen molar-refractivity contribution in [3.63, 3.8) is 0 Å². The van der Waals surface area contributed by atoms with E-state index in [-0.39, 0.29) is 0 Å². The van der Waals surface area contributed by atoms with Crippen LogP contribution in [-0.2, 0) is 6.42 Å². The Kier molecular flexibility index (Phi) is 5.46. The SMILES string of the molecule is c1ccc(Cc2cncc(C3CCN(CC4CCCC4)CC3)c2)cc1. The summed E-state index contributed by atoms with van der Waals surface area (Å²) in [4.78, 5) is 7.26. The third kappa shape index (κ3) is 4.49. The van der Waals surface area contributed by atoms with E-state index in [9.17, 15) is 0 Å². The third-order valence-electron chi connectivity index (χ3n) is 6.12. The van der Waals surface area contributed by atoms with Crippen molar-refractivity contribution >= 4 is 0 Å². The van der Waals surface area contributed by atoms with E-state index in [4.69, 9.17) is 0 Å². The lowest BCUT2D eigenvalue weighted by molar-refractivity contribution is 0.183.